The lowest BCUT2D eigenvalue weighted by molar-refractivity contribution is 0.351. The van der Waals surface area contributed by atoms with Gasteiger partial charge in [0, 0.05) is 30.6 Å². The average molecular weight is 389 g/mol. The molecule has 0 spiro atoms. The first kappa shape index (κ1) is 17.5. The molecule has 0 bridgehead atoms. The van der Waals surface area contributed by atoms with E-state index in [1.807, 2.05) is 23.1 Å². The summed E-state index contributed by atoms with van der Waals surface area (Å²) in [7, 11) is -1.61. The maximum absolute atomic E-state index is 11.6. The van der Waals surface area contributed by atoms with E-state index in [0.717, 1.165) is 16.7 Å². The van der Waals surface area contributed by atoms with Crippen molar-refractivity contribution in [2.24, 2.45) is 0 Å². The molecule has 8 nitrogen and oxygen atoms in total. The minimum atomic E-state index is -3.02. The Bertz CT molecular complexity index is 1130. The zero-order chi connectivity index (χ0) is 19.3. The molecule has 27 heavy (non-hydrogen) atoms. The molecule has 0 atom stereocenters. The van der Waals surface area contributed by atoms with Crippen LogP contribution in [-0.2, 0) is 9.84 Å². The van der Waals surface area contributed by atoms with Gasteiger partial charge in [0.15, 0.2) is 21.3 Å². The number of phenols is 2. The molecule has 2 aromatic carbocycles. The predicted octanol–water partition coefficient (Wildman–Crippen LogP) is 1.88. The van der Waals surface area contributed by atoms with Crippen LogP contribution in [0.1, 0.15) is 0 Å². The fourth-order valence-corrected chi connectivity index (χ4v) is 4.03. The van der Waals surface area contributed by atoms with E-state index < -0.39 is 9.84 Å². The number of nitrogens with zero attached hydrogens (tertiary/aromatic N) is 2. The molecule has 1 aromatic heterocycles. The van der Waals surface area contributed by atoms with Crippen LogP contribution in [0.3, 0.4) is 0 Å². The summed E-state index contributed by atoms with van der Waals surface area (Å²) in [5.74, 6) is 0.0580. The number of phenolic OH excluding ortho intramolecular Hbond substituents is 2. The largest absolute Gasteiger partial charge is 0.504 e. The van der Waals surface area contributed by atoms with Gasteiger partial charge in [-0.3, -0.25) is 0 Å². The van der Waals surface area contributed by atoms with Crippen molar-refractivity contribution in [3.63, 3.8) is 0 Å². The minimum absolute atomic E-state index is 0.151. The molecule has 1 aliphatic heterocycles. The highest BCUT2D eigenvalue weighted by atomic mass is 32.2. The summed E-state index contributed by atoms with van der Waals surface area (Å²) in [6, 6.07) is 8.68. The number of H-pyrrole nitrogens is 1. The molecule has 1 aliphatic rings. The van der Waals surface area contributed by atoms with Gasteiger partial charge in [0.1, 0.15) is 5.82 Å². The Hall–Kier alpha value is -2.94. The quantitative estimate of drug-likeness (QED) is 0.584. The minimum Gasteiger partial charge on any atom is -0.504 e. The average Bonchev–Trinajstić information content (AvgIpc) is 2.98. The van der Waals surface area contributed by atoms with Crippen LogP contribution in [-0.4, -0.2) is 60.3 Å². The fraction of sp³-hybridized carbons (Fsp3) is 0.278. The molecular formula is C18H19N3O5S. The molecule has 4 rings (SSSR count). The maximum atomic E-state index is 11.6. The number of benzene rings is 2. The van der Waals surface area contributed by atoms with Crippen molar-refractivity contribution in [2.45, 2.75) is 5.25 Å². The summed E-state index contributed by atoms with van der Waals surface area (Å²) in [6.45, 7) is 0.954. The molecule has 0 unspecified atom stereocenters. The summed E-state index contributed by atoms with van der Waals surface area (Å²) in [4.78, 5) is 9.72. The first-order valence-corrected chi connectivity index (χ1v) is 10.3. The Kier molecular flexibility index (Phi) is 3.92. The number of hydrogen-bond acceptors (Lipinski definition) is 7. The van der Waals surface area contributed by atoms with Gasteiger partial charge in [-0.05, 0) is 30.3 Å². The van der Waals surface area contributed by atoms with Crippen LogP contribution in [0.25, 0.3) is 22.4 Å². The fourth-order valence-electron chi connectivity index (χ4n) is 3.13. The second-order valence-corrected chi connectivity index (χ2v) is 9.02. The Morgan fingerprint density at radius 1 is 1.22 bits per heavy atom. The van der Waals surface area contributed by atoms with E-state index in [-0.39, 0.29) is 22.5 Å². The van der Waals surface area contributed by atoms with Crippen LogP contribution in [0.4, 0.5) is 5.69 Å². The van der Waals surface area contributed by atoms with E-state index in [1.165, 1.54) is 19.4 Å². The molecule has 2 heterocycles. The summed E-state index contributed by atoms with van der Waals surface area (Å²) < 4.78 is 28.2. The van der Waals surface area contributed by atoms with Crippen molar-refractivity contribution in [1.29, 1.82) is 0 Å². The number of hydrogen-bond donors (Lipinski definition) is 3. The molecule has 3 N–H and O–H groups in total. The number of methoxy groups -OCH3 is 1. The Morgan fingerprint density at radius 2 is 1.96 bits per heavy atom. The van der Waals surface area contributed by atoms with Gasteiger partial charge >= 0.3 is 0 Å². The second-order valence-electron chi connectivity index (χ2n) is 6.69. The Labute approximate surface area is 156 Å². The van der Waals surface area contributed by atoms with E-state index in [9.17, 15) is 18.6 Å². The zero-order valence-corrected chi connectivity index (χ0v) is 15.6. The number of rotatable bonds is 4. The number of aromatic nitrogens is 2. The lowest BCUT2D eigenvalue weighted by atomic mass is 10.1. The van der Waals surface area contributed by atoms with E-state index in [4.69, 9.17) is 4.74 Å². The van der Waals surface area contributed by atoms with Crippen molar-refractivity contribution in [3.8, 4) is 28.6 Å². The molecule has 3 aromatic rings. The van der Waals surface area contributed by atoms with Crippen molar-refractivity contribution in [2.75, 3.05) is 31.4 Å². The van der Waals surface area contributed by atoms with E-state index >= 15 is 0 Å². The van der Waals surface area contributed by atoms with Gasteiger partial charge in [-0.2, -0.15) is 0 Å². The Balaban J connectivity index is 1.65. The third-order valence-corrected chi connectivity index (χ3v) is 6.34. The molecule has 9 heteroatoms. The number of nitrogens with one attached hydrogen (secondary N) is 1. The summed E-state index contributed by atoms with van der Waals surface area (Å²) >= 11 is 0. The second kappa shape index (κ2) is 6.05. The van der Waals surface area contributed by atoms with Crippen molar-refractivity contribution < 1.29 is 23.4 Å². The SMILES string of the molecule is COc1cc(-c2nc3cc(N4CC(S(C)(=O)=O)C4)ccc3[nH]2)cc(O)c1O. The summed E-state index contributed by atoms with van der Waals surface area (Å²) in [5, 5.41) is 19.3. The first-order chi connectivity index (χ1) is 12.8. The monoisotopic (exact) mass is 389 g/mol. The van der Waals surface area contributed by atoms with Crippen LogP contribution in [0.15, 0.2) is 30.3 Å². The predicted molar refractivity (Wildman–Crippen MR) is 102 cm³/mol. The van der Waals surface area contributed by atoms with Crippen LogP contribution >= 0.6 is 0 Å². The number of imidazole rings is 1. The lowest BCUT2D eigenvalue weighted by Crippen LogP contribution is -2.54. The van der Waals surface area contributed by atoms with Gasteiger partial charge in [0.25, 0.3) is 0 Å². The molecule has 0 saturated carbocycles. The van der Waals surface area contributed by atoms with Gasteiger partial charge in [0.2, 0.25) is 5.75 Å². The van der Waals surface area contributed by atoms with Crippen molar-refractivity contribution >= 4 is 26.6 Å². The van der Waals surface area contributed by atoms with Gasteiger partial charge in [-0.15, -0.1) is 0 Å². The number of aromatic hydroxyl groups is 2. The number of sulfone groups is 1. The number of fused-ring (bicyclic) bond motifs is 1. The van der Waals surface area contributed by atoms with Crippen LogP contribution in [0.2, 0.25) is 0 Å². The number of anilines is 1. The summed E-state index contributed by atoms with van der Waals surface area (Å²) in [6.07, 6.45) is 1.26. The molecule has 1 saturated heterocycles. The first-order valence-electron chi connectivity index (χ1n) is 8.30. The normalized spacial score (nSPS) is 15.1. The highest BCUT2D eigenvalue weighted by Gasteiger charge is 2.34. The van der Waals surface area contributed by atoms with Gasteiger partial charge in [0.05, 0.1) is 23.4 Å². The lowest BCUT2D eigenvalue weighted by Gasteiger charge is -2.39. The third-order valence-electron chi connectivity index (χ3n) is 4.83. The van der Waals surface area contributed by atoms with Gasteiger partial charge < -0.3 is 24.8 Å². The Morgan fingerprint density at radius 3 is 2.63 bits per heavy atom. The van der Waals surface area contributed by atoms with Crippen molar-refractivity contribution in [3.05, 3.63) is 30.3 Å². The number of ether oxygens (including phenoxy) is 1. The van der Waals surface area contributed by atoms with Crippen LogP contribution in [0.5, 0.6) is 17.2 Å². The van der Waals surface area contributed by atoms with Crippen LogP contribution < -0.4 is 9.64 Å². The van der Waals surface area contributed by atoms with Gasteiger partial charge in [-0.25, -0.2) is 13.4 Å². The molecule has 1 fully saturated rings. The van der Waals surface area contributed by atoms with E-state index in [1.54, 1.807) is 6.07 Å². The highest BCUT2D eigenvalue weighted by molar-refractivity contribution is 7.91. The summed E-state index contributed by atoms with van der Waals surface area (Å²) in [5.41, 5.74) is 3.00. The van der Waals surface area contributed by atoms with E-state index in [2.05, 4.69) is 9.97 Å². The standard InChI is InChI=1S/C18H19N3O5S/c1-26-16-6-10(5-15(22)17(16)23)18-19-13-4-3-11(7-14(13)20-18)21-8-12(9-21)27(2,24)25/h3-7,12,22-23H,8-9H2,1-2H3,(H,19,20). The third kappa shape index (κ3) is 3.03. The smallest absolute Gasteiger partial charge is 0.200 e. The molecule has 0 radical (unpaired) electrons. The maximum Gasteiger partial charge on any atom is 0.200 e. The molecule has 0 amide bonds. The van der Waals surface area contributed by atoms with Crippen molar-refractivity contribution in [1.82, 2.24) is 9.97 Å². The van der Waals surface area contributed by atoms with Crippen LogP contribution in [0, 0.1) is 0 Å². The highest BCUT2D eigenvalue weighted by Crippen LogP contribution is 2.39. The van der Waals surface area contributed by atoms with E-state index in [0.29, 0.717) is 24.5 Å². The molecular weight excluding hydrogens is 370 g/mol. The van der Waals surface area contributed by atoms with Gasteiger partial charge in [-0.1, -0.05) is 0 Å². The molecule has 0 aliphatic carbocycles. The molecule has 142 valence electrons. The zero-order valence-electron chi connectivity index (χ0n) is 14.8. The number of aromatic amines is 1. The topological polar surface area (TPSA) is 116 Å².